The fourth-order valence-electron chi connectivity index (χ4n) is 6.93. The summed E-state index contributed by atoms with van der Waals surface area (Å²) < 4.78 is 44.1. The molecule has 0 radical (unpaired) electrons. The molecular weight excluding hydrogens is 694 g/mol. The molecule has 13 heteroatoms. The highest BCUT2D eigenvalue weighted by Gasteiger charge is 2.44. The van der Waals surface area contributed by atoms with Crippen LogP contribution in [-0.2, 0) is 19.1 Å². The van der Waals surface area contributed by atoms with E-state index in [1.807, 2.05) is 23.5 Å². The summed E-state index contributed by atoms with van der Waals surface area (Å²) in [4.78, 5) is 59.1. The Hall–Kier alpha value is -4.26. The summed E-state index contributed by atoms with van der Waals surface area (Å²) in [7, 11) is 0. The summed E-state index contributed by atoms with van der Waals surface area (Å²) in [6.07, 6.45) is 4.51. The molecule has 2 heterocycles. The fourth-order valence-corrected chi connectivity index (χ4v) is 7.84. The van der Waals surface area contributed by atoms with Crippen molar-refractivity contribution in [1.82, 2.24) is 10.2 Å². The van der Waals surface area contributed by atoms with Crippen LogP contribution in [0.1, 0.15) is 70.4 Å². The van der Waals surface area contributed by atoms with Gasteiger partial charge in [-0.3, -0.25) is 14.4 Å². The summed E-state index contributed by atoms with van der Waals surface area (Å²) in [6, 6.07) is 13.4. The number of hydrogen-bond acceptors (Lipinski definition) is 6. The summed E-state index contributed by atoms with van der Waals surface area (Å²) in [6.45, 7) is 6.07. The van der Waals surface area contributed by atoms with E-state index in [9.17, 15) is 32.3 Å². The highest BCUT2D eigenvalue weighted by Crippen LogP contribution is 2.43. The third-order valence-electron chi connectivity index (χ3n) is 9.64. The number of hydrogen-bond donors (Lipinski definition) is 1. The van der Waals surface area contributed by atoms with Crippen molar-refractivity contribution in [3.63, 3.8) is 0 Å². The van der Waals surface area contributed by atoms with Gasteiger partial charge in [0.25, 0.3) is 0 Å². The zero-order valence-corrected chi connectivity index (χ0v) is 30.7. The number of piperidine rings is 1. The van der Waals surface area contributed by atoms with Crippen LogP contribution >= 0.6 is 11.8 Å². The van der Waals surface area contributed by atoms with Crippen molar-refractivity contribution in [2.45, 2.75) is 82.0 Å². The number of likely N-dealkylation sites (tertiary alicyclic amines) is 1. The van der Waals surface area contributed by atoms with Crippen LogP contribution in [0.3, 0.4) is 0 Å². The second-order valence-electron chi connectivity index (χ2n) is 15.0. The monoisotopic (exact) mass is 738 g/mol. The Morgan fingerprint density at radius 2 is 1.83 bits per heavy atom. The third-order valence-corrected chi connectivity index (χ3v) is 10.7. The molecule has 4 aliphatic rings. The Morgan fingerprint density at radius 1 is 1.06 bits per heavy atom. The first-order chi connectivity index (χ1) is 24.6. The number of nitrogens with zero attached hydrogens (tertiary/aromatic N) is 3. The zero-order chi connectivity index (χ0) is 37.4. The van der Waals surface area contributed by atoms with Crippen molar-refractivity contribution in [2.24, 2.45) is 11.8 Å². The number of carbonyl (C=O) groups excluding carboxylic acids is 4. The minimum Gasteiger partial charge on any atom is -0.444 e. The van der Waals surface area contributed by atoms with Gasteiger partial charge in [0.2, 0.25) is 17.7 Å². The Bertz CT molecular complexity index is 1780. The molecule has 52 heavy (non-hydrogen) atoms. The minimum atomic E-state index is -4.59. The van der Waals surface area contributed by atoms with E-state index in [4.69, 9.17) is 4.74 Å². The maximum atomic E-state index is 15.0. The number of rotatable bonds is 8. The van der Waals surface area contributed by atoms with Crippen molar-refractivity contribution < 1.29 is 37.1 Å². The maximum absolute atomic E-state index is 15.0. The number of anilines is 2. The highest BCUT2D eigenvalue weighted by molar-refractivity contribution is 8.00. The first-order valence-electron chi connectivity index (χ1n) is 17.8. The van der Waals surface area contributed by atoms with E-state index in [0.717, 1.165) is 36.0 Å². The van der Waals surface area contributed by atoms with E-state index in [2.05, 4.69) is 37.3 Å². The van der Waals surface area contributed by atoms with Gasteiger partial charge in [0.1, 0.15) is 18.7 Å². The van der Waals surface area contributed by atoms with Gasteiger partial charge in [-0.25, -0.2) is 4.79 Å². The number of ether oxygens (including phenoxy) is 1. The van der Waals surface area contributed by atoms with Gasteiger partial charge in [-0.1, -0.05) is 49.4 Å². The first-order valence-corrected chi connectivity index (χ1v) is 18.8. The molecule has 9 nitrogen and oxygen atoms in total. The molecule has 1 saturated carbocycles. The molecule has 6 rings (SSSR count). The van der Waals surface area contributed by atoms with Gasteiger partial charge in [0.05, 0.1) is 17.4 Å². The van der Waals surface area contributed by atoms with Gasteiger partial charge in [0, 0.05) is 29.7 Å². The zero-order valence-electron chi connectivity index (χ0n) is 29.9. The topological polar surface area (TPSA) is 99.3 Å². The number of allylic oxidation sites excluding steroid dienone is 4. The smallest absolute Gasteiger partial charge is 0.410 e. The standard InChI is InChI=1S/C39H45F3N4O5S/c1-24-8-10-25(11-9-24)26-6-5-7-27(18-26)30-16-17-44(37(50)51-38(2,3)4)20-31(30)36(49)46(28-12-13-28)29-14-15-33-32(19-29)45(35(48)22-52-33)21-34(47)43-23-39(40,41)42/h5-8,10-11,14-15,18-19,24,28,30-31H,9,12-13,16-17,20-23H2,1-4H3,(H,43,47)/t24?,30-,31?/m1/s1. The average molecular weight is 739 g/mol. The van der Waals surface area contributed by atoms with Crippen LogP contribution in [0.5, 0.6) is 0 Å². The van der Waals surface area contributed by atoms with Crippen LogP contribution in [0.4, 0.5) is 29.3 Å². The van der Waals surface area contributed by atoms with Crippen molar-refractivity contribution in [3.05, 3.63) is 71.8 Å². The molecule has 4 amide bonds. The third kappa shape index (κ3) is 9.02. The number of nitrogens with one attached hydrogen (secondary N) is 1. The van der Waals surface area contributed by atoms with Gasteiger partial charge in [-0.05, 0) is 93.2 Å². The largest absolute Gasteiger partial charge is 0.444 e. The van der Waals surface area contributed by atoms with Crippen molar-refractivity contribution >= 4 is 52.5 Å². The van der Waals surface area contributed by atoms with Gasteiger partial charge in [-0.15, -0.1) is 11.8 Å². The number of carbonyl (C=O) groups is 4. The second kappa shape index (κ2) is 15.0. The summed E-state index contributed by atoms with van der Waals surface area (Å²) in [5.41, 5.74) is 3.38. The number of amides is 4. The number of halogens is 3. The number of alkyl halides is 3. The summed E-state index contributed by atoms with van der Waals surface area (Å²) >= 11 is 1.27. The molecule has 1 N–H and O–H groups in total. The molecule has 278 valence electrons. The molecule has 2 aromatic rings. The Morgan fingerprint density at radius 3 is 2.50 bits per heavy atom. The molecule has 0 spiro atoms. The average Bonchev–Trinajstić information content (AvgIpc) is 3.93. The predicted molar refractivity (Wildman–Crippen MR) is 195 cm³/mol. The molecule has 3 atom stereocenters. The fraction of sp³-hybridized carbons (Fsp3) is 0.487. The second-order valence-corrected chi connectivity index (χ2v) is 16.1. The number of thioether (sulfide) groups is 1. The van der Waals surface area contributed by atoms with Gasteiger partial charge in [0.15, 0.2) is 0 Å². The first kappa shape index (κ1) is 37.5. The van der Waals surface area contributed by atoms with E-state index in [0.29, 0.717) is 35.2 Å². The number of fused-ring (bicyclic) bond motifs is 1. The van der Waals surface area contributed by atoms with Gasteiger partial charge < -0.3 is 24.8 Å². The van der Waals surface area contributed by atoms with Crippen LogP contribution in [0.15, 0.2) is 65.6 Å². The van der Waals surface area contributed by atoms with Crippen molar-refractivity contribution in [3.8, 4) is 0 Å². The van der Waals surface area contributed by atoms with Crippen LogP contribution in [0, 0.1) is 11.8 Å². The molecule has 2 aliphatic heterocycles. The lowest BCUT2D eigenvalue weighted by atomic mass is 9.78. The summed E-state index contributed by atoms with van der Waals surface area (Å²) in [5, 5.41) is 1.84. The number of benzene rings is 2. The molecule has 0 aromatic heterocycles. The molecule has 1 saturated heterocycles. The Labute approximate surface area is 306 Å². The van der Waals surface area contributed by atoms with Gasteiger partial charge in [-0.2, -0.15) is 13.2 Å². The normalized spacial score (nSPS) is 22.0. The lowest BCUT2D eigenvalue weighted by Gasteiger charge is -2.41. The van der Waals surface area contributed by atoms with Crippen LogP contribution in [0.2, 0.25) is 0 Å². The predicted octanol–water partition coefficient (Wildman–Crippen LogP) is 7.32. The molecule has 2 aromatic carbocycles. The molecule has 0 bridgehead atoms. The minimum absolute atomic E-state index is 0.0270. The SMILES string of the molecule is CC1C=CC(c2cccc([C@H]3CCN(C(=O)OC(C)(C)C)CC3C(=O)N(c3ccc4c(c3)N(CC(=O)NCC(F)(F)F)C(=O)CS4)C3CC3)c2)=CC1. The van der Waals surface area contributed by atoms with E-state index in [1.165, 1.54) is 16.7 Å². The quantitative estimate of drug-likeness (QED) is 0.305. The van der Waals surface area contributed by atoms with E-state index < -0.39 is 48.7 Å². The lowest BCUT2D eigenvalue weighted by Crippen LogP contribution is -2.51. The molecule has 2 unspecified atom stereocenters. The molecule has 2 fully saturated rings. The van der Waals surface area contributed by atoms with Crippen LogP contribution < -0.4 is 15.1 Å². The van der Waals surface area contributed by atoms with Crippen molar-refractivity contribution in [1.29, 1.82) is 0 Å². The summed E-state index contributed by atoms with van der Waals surface area (Å²) in [5.74, 6) is -1.85. The van der Waals surface area contributed by atoms with Crippen LogP contribution in [0.25, 0.3) is 5.57 Å². The maximum Gasteiger partial charge on any atom is 0.410 e. The molecular formula is C39H45F3N4O5S. The van der Waals surface area contributed by atoms with E-state index in [-0.39, 0.29) is 30.2 Å². The van der Waals surface area contributed by atoms with Gasteiger partial charge >= 0.3 is 12.3 Å². The Balaban J connectivity index is 1.32. The van der Waals surface area contributed by atoms with Crippen molar-refractivity contribution in [2.75, 3.05) is 41.7 Å². The van der Waals surface area contributed by atoms with E-state index >= 15 is 0 Å². The highest BCUT2D eigenvalue weighted by atomic mass is 32.2. The lowest BCUT2D eigenvalue weighted by molar-refractivity contribution is -0.137. The Kier molecular flexibility index (Phi) is 10.8. The van der Waals surface area contributed by atoms with E-state index in [1.54, 1.807) is 42.7 Å². The molecule has 2 aliphatic carbocycles. The van der Waals surface area contributed by atoms with Crippen LogP contribution in [-0.4, -0.2) is 78.5 Å².